The summed E-state index contributed by atoms with van der Waals surface area (Å²) < 4.78 is 37.7. The first-order valence-electron chi connectivity index (χ1n) is 10.5. The Hall–Kier alpha value is -3.54. The van der Waals surface area contributed by atoms with E-state index >= 15 is 0 Å². The van der Waals surface area contributed by atoms with Gasteiger partial charge in [0.15, 0.2) is 0 Å². The first-order chi connectivity index (χ1) is 16.8. The van der Waals surface area contributed by atoms with Gasteiger partial charge in [0, 0.05) is 6.54 Å². The molecule has 4 rings (SSSR count). The normalized spacial score (nSPS) is 15.7. The zero-order valence-corrected chi connectivity index (χ0v) is 20.5. The van der Waals surface area contributed by atoms with E-state index in [1.54, 1.807) is 11.4 Å². The molecule has 0 saturated carbocycles. The number of ether oxygens (including phenoxy) is 2. The molecule has 2 aromatic carbocycles. The van der Waals surface area contributed by atoms with Crippen LogP contribution in [-0.4, -0.2) is 50.8 Å². The number of carbonyl (C=O) groups excluding carboxylic acids is 3. The summed E-state index contributed by atoms with van der Waals surface area (Å²) in [5.41, 5.74) is 1.78. The standard InChI is InChI=1S/C24H22N2O7S2/c1-32-23(28)16-9-10-18(24(29)33-2)19(12-16)25-22(27)20-13-15-6-3-4-7-17(15)14-26(20)35(30,31)21-8-5-11-34-21/h3-12,20H,13-14H2,1-2H3,(H,25,27). The number of rotatable bonds is 6. The van der Waals surface area contributed by atoms with E-state index in [1.165, 1.54) is 42.8 Å². The summed E-state index contributed by atoms with van der Waals surface area (Å²) >= 11 is 1.07. The molecule has 0 spiro atoms. The van der Waals surface area contributed by atoms with Gasteiger partial charge >= 0.3 is 11.9 Å². The van der Waals surface area contributed by atoms with Crippen molar-refractivity contribution in [2.45, 2.75) is 23.2 Å². The molecule has 1 atom stereocenters. The van der Waals surface area contributed by atoms with Crippen LogP contribution in [0.15, 0.2) is 64.2 Å². The predicted octanol–water partition coefficient (Wildman–Crippen LogP) is 3.08. The van der Waals surface area contributed by atoms with E-state index < -0.39 is 33.9 Å². The van der Waals surface area contributed by atoms with E-state index in [4.69, 9.17) is 9.47 Å². The van der Waals surface area contributed by atoms with Crippen molar-refractivity contribution in [3.63, 3.8) is 0 Å². The summed E-state index contributed by atoms with van der Waals surface area (Å²) in [5.74, 6) is -2.04. The fraction of sp³-hybridized carbons (Fsp3) is 0.208. The molecular weight excluding hydrogens is 492 g/mol. The highest BCUT2D eigenvalue weighted by Gasteiger charge is 2.40. The first-order valence-corrected chi connectivity index (χ1v) is 12.8. The minimum Gasteiger partial charge on any atom is -0.465 e. The molecule has 1 aromatic heterocycles. The van der Waals surface area contributed by atoms with Crippen molar-refractivity contribution < 1.29 is 32.3 Å². The zero-order valence-electron chi connectivity index (χ0n) is 18.9. The molecule has 0 saturated heterocycles. The fourth-order valence-electron chi connectivity index (χ4n) is 3.90. The smallest absolute Gasteiger partial charge is 0.339 e. The summed E-state index contributed by atoms with van der Waals surface area (Å²) in [5, 5.41) is 4.30. The molecule has 1 aliphatic rings. The van der Waals surface area contributed by atoms with E-state index in [0.717, 1.165) is 22.5 Å². The van der Waals surface area contributed by atoms with E-state index in [2.05, 4.69) is 5.32 Å². The lowest BCUT2D eigenvalue weighted by Crippen LogP contribution is -2.50. The highest BCUT2D eigenvalue weighted by molar-refractivity contribution is 7.91. The van der Waals surface area contributed by atoms with Gasteiger partial charge in [-0.2, -0.15) is 4.31 Å². The van der Waals surface area contributed by atoms with Crippen molar-refractivity contribution in [2.24, 2.45) is 0 Å². The molecule has 0 aliphatic carbocycles. The second kappa shape index (κ2) is 9.98. The van der Waals surface area contributed by atoms with Gasteiger partial charge < -0.3 is 14.8 Å². The van der Waals surface area contributed by atoms with Crippen molar-refractivity contribution in [1.29, 1.82) is 0 Å². The number of benzene rings is 2. The number of amides is 1. The summed E-state index contributed by atoms with van der Waals surface area (Å²) in [7, 11) is -1.58. The summed E-state index contributed by atoms with van der Waals surface area (Å²) in [6, 6.07) is 13.4. The van der Waals surface area contributed by atoms with Crippen LogP contribution in [-0.2, 0) is 37.3 Å². The predicted molar refractivity (Wildman–Crippen MR) is 129 cm³/mol. The number of thiophene rings is 1. The quantitative estimate of drug-likeness (QED) is 0.502. The SMILES string of the molecule is COC(=O)c1ccc(C(=O)OC)c(NC(=O)C2Cc3ccccc3CN2S(=O)(=O)c2cccs2)c1. The number of fused-ring (bicyclic) bond motifs is 1. The molecule has 0 bridgehead atoms. The van der Waals surface area contributed by atoms with Crippen LogP contribution in [0, 0.1) is 0 Å². The maximum Gasteiger partial charge on any atom is 0.339 e. The lowest BCUT2D eigenvalue weighted by Gasteiger charge is -2.34. The number of nitrogens with zero attached hydrogens (tertiary/aromatic N) is 1. The molecule has 35 heavy (non-hydrogen) atoms. The molecule has 3 aromatic rings. The first kappa shape index (κ1) is 24.6. The van der Waals surface area contributed by atoms with Gasteiger partial charge in [-0.15, -0.1) is 11.3 Å². The van der Waals surface area contributed by atoms with Gasteiger partial charge in [0.1, 0.15) is 10.3 Å². The van der Waals surface area contributed by atoms with Gasteiger partial charge in [-0.3, -0.25) is 4.79 Å². The minimum absolute atomic E-state index is 0.0112. The molecule has 1 amide bonds. The molecule has 9 nitrogen and oxygen atoms in total. The molecule has 0 fully saturated rings. The van der Waals surface area contributed by atoms with Crippen molar-refractivity contribution in [1.82, 2.24) is 4.31 Å². The van der Waals surface area contributed by atoms with Crippen molar-refractivity contribution in [3.05, 3.63) is 82.2 Å². The lowest BCUT2D eigenvalue weighted by molar-refractivity contribution is -0.120. The van der Waals surface area contributed by atoms with Crippen LogP contribution in [0.1, 0.15) is 31.8 Å². The largest absolute Gasteiger partial charge is 0.465 e. The van der Waals surface area contributed by atoms with Gasteiger partial charge in [-0.1, -0.05) is 30.3 Å². The molecule has 1 N–H and O–H groups in total. The number of nitrogens with one attached hydrogen (secondary N) is 1. The lowest BCUT2D eigenvalue weighted by atomic mass is 9.95. The summed E-state index contributed by atoms with van der Waals surface area (Å²) in [6.07, 6.45) is 0.136. The van der Waals surface area contributed by atoms with Crippen LogP contribution in [0.3, 0.4) is 0 Å². The Balaban J connectivity index is 1.74. The third kappa shape index (κ3) is 4.83. The maximum absolute atomic E-state index is 13.5. The molecule has 182 valence electrons. The monoisotopic (exact) mass is 514 g/mol. The molecule has 2 heterocycles. The van der Waals surface area contributed by atoms with Crippen LogP contribution in [0.5, 0.6) is 0 Å². The Morgan fingerprint density at radius 1 is 0.971 bits per heavy atom. The number of methoxy groups -OCH3 is 2. The Morgan fingerprint density at radius 3 is 2.34 bits per heavy atom. The van der Waals surface area contributed by atoms with Gasteiger partial charge in [0.05, 0.1) is 31.0 Å². The number of sulfonamides is 1. The topological polar surface area (TPSA) is 119 Å². The fourth-order valence-corrected chi connectivity index (χ4v) is 6.58. The van der Waals surface area contributed by atoms with Crippen LogP contribution >= 0.6 is 11.3 Å². The summed E-state index contributed by atoms with van der Waals surface area (Å²) in [6.45, 7) is 0.0144. The van der Waals surface area contributed by atoms with E-state index in [0.29, 0.717) is 0 Å². The Morgan fingerprint density at radius 2 is 1.69 bits per heavy atom. The number of carbonyl (C=O) groups is 3. The van der Waals surface area contributed by atoms with Crippen LogP contribution in [0.2, 0.25) is 0 Å². The van der Waals surface area contributed by atoms with Gasteiger partial charge in [0.2, 0.25) is 5.91 Å². The Kier molecular flexibility index (Phi) is 7.01. The highest BCUT2D eigenvalue weighted by Crippen LogP contribution is 2.32. The Labute approximate surface area is 206 Å². The third-order valence-corrected chi connectivity index (χ3v) is 8.90. The minimum atomic E-state index is -3.98. The van der Waals surface area contributed by atoms with Crippen molar-refractivity contribution in [3.8, 4) is 0 Å². The number of esters is 2. The molecule has 0 radical (unpaired) electrons. The van der Waals surface area contributed by atoms with Crippen molar-refractivity contribution >= 4 is 44.9 Å². The second-order valence-corrected chi connectivity index (χ2v) is 10.8. The second-order valence-electron chi connectivity index (χ2n) is 7.70. The van der Waals surface area contributed by atoms with Gasteiger partial charge in [-0.25, -0.2) is 18.0 Å². The van der Waals surface area contributed by atoms with Crippen molar-refractivity contribution in [2.75, 3.05) is 19.5 Å². The average molecular weight is 515 g/mol. The van der Waals surface area contributed by atoms with Crippen LogP contribution < -0.4 is 5.32 Å². The number of hydrogen-bond acceptors (Lipinski definition) is 8. The highest BCUT2D eigenvalue weighted by atomic mass is 32.2. The molecule has 11 heteroatoms. The van der Waals surface area contributed by atoms with Crippen LogP contribution in [0.4, 0.5) is 5.69 Å². The third-order valence-electron chi connectivity index (χ3n) is 5.67. The Bertz CT molecular complexity index is 1380. The van der Waals surface area contributed by atoms with Crippen LogP contribution in [0.25, 0.3) is 0 Å². The molecule has 1 unspecified atom stereocenters. The molecular formula is C24H22N2O7S2. The average Bonchev–Trinajstić information content (AvgIpc) is 3.43. The number of hydrogen-bond donors (Lipinski definition) is 1. The van der Waals surface area contributed by atoms with Gasteiger partial charge in [-0.05, 0) is 47.2 Å². The van der Waals surface area contributed by atoms with E-state index in [9.17, 15) is 22.8 Å². The van der Waals surface area contributed by atoms with E-state index in [-0.39, 0.29) is 34.0 Å². The summed E-state index contributed by atoms with van der Waals surface area (Å²) in [4.78, 5) is 37.8. The zero-order chi connectivity index (χ0) is 25.2. The van der Waals surface area contributed by atoms with Gasteiger partial charge in [0.25, 0.3) is 10.0 Å². The van der Waals surface area contributed by atoms with E-state index in [1.807, 2.05) is 24.3 Å². The molecule has 1 aliphatic heterocycles. The maximum atomic E-state index is 13.5. The number of anilines is 1.